The van der Waals surface area contributed by atoms with E-state index in [-0.39, 0.29) is 10.8 Å². The normalized spacial score (nSPS) is 15.6. The molecule has 0 fully saturated rings. The van der Waals surface area contributed by atoms with Gasteiger partial charge in [0, 0.05) is 0 Å². The molecule has 3 aromatic rings. The molecule has 3 aromatic carbocycles. The Labute approximate surface area is 211 Å². The van der Waals surface area contributed by atoms with Gasteiger partial charge in [0.1, 0.15) is 0 Å². The second-order valence-corrected chi connectivity index (χ2v) is 19.3. The van der Waals surface area contributed by atoms with Crippen LogP contribution < -0.4 is 0 Å². The molecule has 2 heteroatoms. The fourth-order valence-corrected chi connectivity index (χ4v) is 3.72. The Hall–Kier alpha value is -1.37. The third-order valence-electron chi connectivity index (χ3n) is 5.96. The number of rotatable bonds is 1. The Balaban J connectivity index is 0.000000233. The number of hydrogen-bond acceptors (Lipinski definition) is 0. The summed E-state index contributed by atoms with van der Waals surface area (Å²) in [6.45, 7) is 20.1. The van der Waals surface area contributed by atoms with Gasteiger partial charge in [-0.15, -0.1) is 53.6 Å². The molecule has 1 aliphatic rings. The maximum absolute atomic E-state index is 3.36. The molecule has 1 unspecified atom stereocenters. The van der Waals surface area contributed by atoms with Crippen LogP contribution >= 0.6 is 0 Å². The third kappa shape index (κ3) is 7.32. The van der Waals surface area contributed by atoms with Gasteiger partial charge in [-0.2, -0.15) is 11.1 Å². The van der Waals surface area contributed by atoms with Crippen LogP contribution in [0.1, 0.15) is 54.0 Å². The summed E-state index contributed by atoms with van der Waals surface area (Å²) < 4.78 is 0. The molecule has 0 aromatic heterocycles. The molecule has 0 N–H and O–H groups in total. The molecule has 0 spiro atoms. The van der Waals surface area contributed by atoms with E-state index in [2.05, 4.69) is 128 Å². The molecule has 0 bridgehead atoms. The van der Waals surface area contributed by atoms with E-state index in [0.717, 1.165) is 0 Å². The van der Waals surface area contributed by atoms with Crippen LogP contribution in [0.4, 0.5) is 0 Å². The minimum atomic E-state index is 0.193. The van der Waals surface area contributed by atoms with E-state index in [0.29, 0.717) is 5.92 Å². The van der Waals surface area contributed by atoms with E-state index < -0.39 is 0 Å². The van der Waals surface area contributed by atoms with Crippen molar-refractivity contribution in [3.05, 3.63) is 89.0 Å². The van der Waals surface area contributed by atoms with Gasteiger partial charge in [0.25, 0.3) is 0 Å². The molecule has 0 radical (unpaired) electrons. The van der Waals surface area contributed by atoms with Gasteiger partial charge in [0.05, 0.1) is 0 Å². The summed E-state index contributed by atoms with van der Waals surface area (Å²) in [6, 6.07) is 21.9. The van der Waals surface area contributed by atoms with Crippen LogP contribution in [0, 0.1) is 12.0 Å². The molecule has 0 amide bonds. The fraction of sp³-hybridized carbons (Fsp3) is 0.367. The third-order valence-corrected chi connectivity index (χ3v) is 5.96. The van der Waals surface area contributed by atoms with Gasteiger partial charge in [-0.3, -0.25) is 6.08 Å². The van der Waals surface area contributed by atoms with Gasteiger partial charge in [0.2, 0.25) is 0 Å². The van der Waals surface area contributed by atoms with Gasteiger partial charge < -0.3 is 0 Å². The van der Waals surface area contributed by atoms with Crippen molar-refractivity contribution >= 4 is 16.2 Å². The maximum atomic E-state index is 3.36. The standard InChI is InChI=1S/C19H19.C9H13.C2H6Si.Zr/c1-19(2,3)16-9-6-8-15(13-16)18-12-11-14-7-4-5-10-17(14)18;1-6-5-7(2)9(4)8(6)3;1-3-2;/h4-13H,1-3H3;6H,1-4H3;1-2H3;/q2*-1;;+2. The van der Waals surface area contributed by atoms with Crippen LogP contribution in [0.25, 0.3) is 21.9 Å². The van der Waals surface area contributed by atoms with E-state index in [9.17, 15) is 0 Å². The molecule has 1 aliphatic carbocycles. The first-order chi connectivity index (χ1) is 14.9. The molecular formula is C30H38SiZr. The van der Waals surface area contributed by atoms with Crippen molar-refractivity contribution in [3.8, 4) is 11.1 Å². The monoisotopic (exact) mass is 516 g/mol. The zero-order valence-electron chi connectivity index (χ0n) is 21.4. The topological polar surface area (TPSA) is 0 Å². The minimum absolute atomic E-state index is 0.193. The summed E-state index contributed by atoms with van der Waals surface area (Å²) >= 11 is 1.74. The Morgan fingerprint density at radius 2 is 1.59 bits per heavy atom. The zero-order chi connectivity index (χ0) is 24.1. The van der Waals surface area contributed by atoms with E-state index in [1.807, 2.05) is 0 Å². The summed E-state index contributed by atoms with van der Waals surface area (Å²) in [5.74, 6) is 0.560. The zero-order valence-corrected chi connectivity index (χ0v) is 24.8. The molecule has 0 nitrogen and oxygen atoms in total. The summed E-state index contributed by atoms with van der Waals surface area (Å²) in [5.41, 5.74) is 8.68. The second-order valence-electron chi connectivity index (χ2n) is 9.96. The quantitative estimate of drug-likeness (QED) is 0.223. The number of allylic oxidation sites excluding steroid dienone is 4. The molecule has 0 saturated carbocycles. The van der Waals surface area contributed by atoms with E-state index >= 15 is 0 Å². The second kappa shape index (κ2) is 11.7. The van der Waals surface area contributed by atoms with Crippen LogP contribution in [-0.2, 0) is 28.8 Å². The van der Waals surface area contributed by atoms with Crippen LogP contribution in [-0.4, -0.2) is 5.43 Å². The first-order valence-corrected chi connectivity index (χ1v) is 17.7. The van der Waals surface area contributed by atoms with Crippen molar-refractivity contribution in [1.82, 2.24) is 0 Å². The summed E-state index contributed by atoms with van der Waals surface area (Å²) in [7, 11) is 0. The fourth-order valence-electron chi connectivity index (χ4n) is 3.72. The number of hydrogen-bond donors (Lipinski definition) is 0. The summed E-state index contributed by atoms with van der Waals surface area (Å²) in [5, 5.41) is 2.66. The predicted molar refractivity (Wildman–Crippen MR) is 141 cm³/mol. The Kier molecular flexibility index (Phi) is 9.80. The Morgan fingerprint density at radius 1 is 0.969 bits per heavy atom. The summed E-state index contributed by atoms with van der Waals surface area (Å²) in [6.07, 6.45) is 3.36. The van der Waals surface area contributed by atoms with E-state index in [4.69, 9.17) is 0 Å². The van der Waals surface area contributed by atoms with Gasteiger partial charge in [0.15, 0.2) is 0 Å². The van der Waals surface area contributed by atoms with Gasteiger partial charge >= 0.3 is 41.9 Å². The molecule has 0 saturated heterocycles. The van der Waals surface area contributed by atoms with Crippen LogP contribution in [0.3, 0.4) is 0 Å². The van der Waals surface area contributed by atoms with E-state index in [1.54, 1.807) is 23.3 Å². The van der Waals surface area contributed by atoms with Gasteiger partial charge in [-0.1, -0.05) is 83.4 Å². The first kappa shape index (κ1) is 26.9. The number of fused-ring (bicyclic) bond motifs is 1. The molecular weight excluding hydrogens is 480 g/mol. The predicted octanol–water partition coefficient (Wildman–Crippen LogP) is 9.03. The average Bonchev–Trinajstić information content (AvgIpc) is 3.24. The van der Waals surface area contributed by atoms with Crippen molar-refractivity contribution in [2.24, 2.45) is 5.92 Å². The van der Waals surface area contributed by atoms with Crippen molar-refractivity contribution in [3.63, 3.8) is 0 Å². The Bertz CT molecular complexity index is 1130. The molecule has 4 rings (SSSR count). The van der Waals surface area contributed by atoms with Crippen molar-refractivity contribution in [2.45, 2.75) is 67.0 Å². The van der Waals surface area contributed by atoms with Gasteiger partial charge in [-0.05, 0) is 11.0 Å². The Morgan fingerprint density at radius 3 is 2.09 bits per heavy atom. The molecule has 166 valence electrons. The summed E-state index contributed by atoms with van der Waals surface area (Å²) in [4.78, 5) is 0. The van der Waals surface area contributed by atoms with Crippen molar-refractivity contribution in [2.75, 3.05) is 0 Å². The van der Waals surface area contributed by atoms with Crippen LogP contribution in [0.15, 0.2) is 77.4 Å². The van der Waals surface area contributed by atoms with Crippen molar-refractivity contribution < 1.29 is 23.3 Å². The van der Waals surface area contributed by atoms with Gasteiger partial charge in [-0.25, -0.2) is 5.57 Å². The molecule has 0 aliphatic heterocycles. The van der Waals surface area contributed by atoms with Crippen molar-refractivity contribution in [1.29, 1.82) is 0 Å². The molecule has 1 atom stereocenters. The van der Waals surface area contributed by atoms with Crippen LogP contribution in [0.5, 0.6) is 0 Å². The molecule has 32 heavy (non-hydrogen) atoms. The SMILES string of the molecule is CC(C)(C)c1cccc(-c2c[cH-]c3ccccc23)c1.CC1=[C-]C(C)C(C)=C1C.C[Si](C)=[Zr+2]. The first-order valence-electron chi connectivity index (χ1n) is 11.5. The number of benzene rings is 2. The van der Waals surface area contributed by atoms with Crippen LogP contribution in [0.2, 0.25) is 13.1 Å². The average molecular weight is 518 g/mol. The van der Waals surface area contributed by atoms with E-state index in [1.165, 1.54) is 44.2 Å². The molecule has 0 heterocycles.